The summed E-state index contributed by atoms with van der Waals surface area (Å²) in [5.74, 6) is 0. The van der Waals surface area contributed by atoms with Gasteiger partial charge in [0, 0.05) is 23.2 Å². The zero-order valence-corrected chi connectivity index (χ0v) is 14.1. The summed E-state index contributed by atoms with van der Waals surface area (Å²) in [4.78, 5) is 2.49. The molecule has 0 aromatic heterocycles. The third-order valence-corrected chi connectivity index (χ3v) is 6.70. The van der Waals surface area contributed by atoms with Crippen molar-refractivity contribution in [3.05, 3.63) is 22.7 Å². The first kappa shape index (κ1) is 15.8. The fourth-order valence-electron chi connectivity index (χ4n) is 2.44. The number of piperidine rings is 1. The Hall–Kier alpha value is -0.630. The average Bonchev–Trinajstić information content (AvgIpc) is 2.38. The monoisotopic (exact) mass is 361 g/mol. The minimum atomic E-state index is -3.49. The van der Waals surface area contributed by atoms with Crippen molar-refractivity contribution >= 4 is 31.6 Å². The Labute approximate surface area is 128 Å². The van der Waals surface area contributed by atoms with Crippen molar-refractivity contribution in [3.63, 3.8) is 0 Å². The van der Waals surface area contributed by atoms with E-state index >= 15 is 0 Å². The van der Waals surface area contributed by atoms with Gasteiger partial charge in [-0.25, -0.2) is 8.42 Å². The van der Waals surface area contributed by atoms with Crippen LogP contribution in [0.4, 0.5) is 5.69 Å². The highest BCUT2D eigenvalue weighted by Gasteiger charge is 2.31. The van der Waals surface area contributed by atoms with Crippen LogP contribution in [0.2, 0.25) is 0 Å². The summed E-state index contributed by atoms with van der Waals surface area (Å²) >= 11 is 3.29. The summed E-state index contributed by atoms with van der Waals surface area (Å²) < 4.78 is 27.4. The molecule has 0 spiro atoms. The summed E-state index contributed by atoms with van der Waals surface area (Å²) in [5.41, 5.74) is 6.20. The van der Waals surface area contributed by atoms with E-state index in [-0.39, 0.29) is 10.9 Å². The summed E-state index contributed by atoms with van der Waals surface area (Å²) in [6, 6.07) is 4.84. The molecule has 1 saturated heterocycles. The highest BCUT2D eigenvalue weighted by atomic mass is 79.9. The molecule has 2 rings (SSSR count). The lowest BCUT2D eigenvalue weighted by atomic mass is 10.1. The molecule has 0 radical (unpaired) electrons. The second-order valence-electron chi connectivity index (χ2n) is 5.25. The van der Waals surface area contributed by atoms with Gasteiger partial charge in [-0.05, 0) is 67.1 Å². The Morgan fingerprint density at radius 1 is 1.35 bits per heavy atom. The van der Waals surface area contributed by atoms with Gasteiger partial charge in [-0.1, -0.05) is 0 Å². The molecular formula is C13H20BrN3O2S. The molecule has 7 heteroatoms. The maximum absolute atomic E-state index is 12.7. The predicted molar refractivity (Wildman–Crippen MR) is 84.0 cm³/mol. The zero-order valence-electron chi connectivity index (χ0n) is 11.7. The van der Waals surface area contributed by atoms with Gasteiger partial charge in [-0.2, -0.15) is 4.31 Å². The first-order valence-electron chi connectivity index (χ1n) is 6.54. The number of rotatable bonds is 3. The number of halogens is 1. The third-order valence-electron chi connectivity index (χ3n) is 3.82. The van der Waals surface area contributed by atoms with Gasteiger partial charge >= 0.3 is 0 Å². The predicted octanol–water partition coefficient (Wildman–Crippen LogP) is 1.75. The molecule has 0 bridgehead atoms. The standard InChI is InChI=1S/C13H20BrN3O2S/c1-16-7-5-11(6-8-16)17(2)20(18,19)13-4-3-10(15)9-12(13)14/h3-4,9,11H,5-8,15H2,1-2H3. The van der Waals surface area contributed by atoms with Gasteiger partial charge in [0.15, 0.2) is 0 Å². The van der Waals surface area contributed by atoms with E-state index in [0.717, 1.165) is 25.9 Å². The lowest BCUT2D eigenvalue weighted by Gasteiger charge is -2.34. The normalized spacial score (nSPS) is 18.6. The quantitative estimate of drug-likeness (QED) is 0.832. The van der Waals surface area contributed by atoms with Crippen molar-refractivity contribution in [2.75, 3.05) is 32.9 Å². The summed E-state index contributed by atoms with van der Waals surface area (Å²) in [6.07, 6.45) is 1.72. The van der Waals surface area contributed by atoms with Gasteiger partial charge in [-0.3, -0.25) is 0 Å². The molecule has 1 aromatic rings. The largest absolute Gasteiger partial charge is 0.399 e. The first-order valence-corrected chi connectivity index (χ1v) is 8.77. The van der Waals surface area contributed by atoms with Crippen LogP contribution in [0.25, 0.3) is 0 Å². The van der Waals surface area contributed by atoms with Crippen LogP contribution in [0.1, 0.15) is 12.8 Å². The molecule has 0 unspecified atom stereocenters. The fourth-order valence-corrected chi connectivity index (χ4v) is 4.91. The molecule has 1 aliphatic rings. The van der Waals surface area contributed by atoms with E-state index in [1.54, 1.807) is 25.2 Å². The highest BCUT2D eigenvalue weighted by Crippen LogP contribution is 2.29. The number of anilines is 1. The van der Waals surface area contributed by atoms with Crippen LogP contribution >= 0.6 is 15.9 Å². The average molecular weight is 362 g/mol. The number of benzene rings is 1. The Kier molecular flexibility index (Phi) is 4.73. The SMILES string of the molecule is CN1CCC(N(C)S(=O)(=O)c2ccc(N)cc2Br)CC1. The van der Waals surface area contributed by atoms with Crippen LogP contribution in [0, 0.1) is 0 Å². The van der Waals surface area contributed by atoms with Crippen molar-refractivity contribution < 1.29 is 8.42 Å². The fraction of sp³-hybridized carbons (Fsp3) is 0.538. The second-order valence-corrected chi connectivity index (χ2v) is 8.07. The highest BCUT2D eigenvalue weighted by molar-refractivity contribution is 9.10. The number of nitrogens with zero attached hydrogens (tertiary/aromatic N) is 2. The molecule has 0 amide bonds. The van der Waals surface area contributed by atoms with E-state index in [0.29, 0.717) is 10.2 Å². The molecule has 1 heterocycles. The molecule has 1 fully saturated rings. The van der Waals surface area contributed by atoms with Crippen molar-refractivity contribution in [2.24, 2.45) is 0 Å². The van der Waals surface area contributed by atoms with Crippen molar-refractivity contribution in [1.29, 1.82) is 0 Å². The zero-order chi connectivity index (χ0) is 14.9. The molecule has 20 heavy (non-hydrogen) atoms. The lowest BCUT2D eigenvalue weighted by molar-refractivity contribution is 0.197. The van der Waals surface area contributed by atoms with Gasteiger partial charge in [0.25, 0.3) is 0 Å². The molecule has 2 N–H and O–H groups in total. The van der Waals surface area contributed by atoms with Gasteiger partial charge in [0.05, 0.1) is 4.90 Å². The molecule has 0 atom stereocenters. The summed E-state index contributed by atoms with van der Waals surface area (Å²) in [5, 5.41) is 0. The van der Waals surface area contributed by atoms with E-state index in [1.165, 1.54) is 4.31 Å². The Balaban J connectivity index is 2.25. The molecule has 0 saturated carbocycles. The molecule has 112 valence electrons. The second kappa shape index (κ2) is 6.01. The number of sulfonamides is 1. The van der Waals surface area contributed by atoms with Crippen LogP contribution in [-0.4, -0.2) is 50.8 Å². The van der Waals surface area contributed by atoms with Crippen LogP contribution < -0.4 is 5.73 Å². The van der Waals surface area contributed by atoms with Gasteiger partial charge < -0.3 is 10.6 Å². The first-order chi connectivity index (χ1) is 9.32. The minimum Gasteiger partial charge on any atom is -0.399 e. The number of likely N-dealkylation sites (tertiary alicyclic amines) is 1. The summed E-state index contributed by atoms with van der Waals surface area (Å²) in [7, 11) is 0.227. The molecule has 5 nitrogen and oxygen atoms in total. The third kappa shape index (κ3) is 3.16. The Morgan fingerprint density at radius 2 is 1.95 bits per heavy atom. The van der Waals surface area contributed by atoms with E-state index in [1.807, 2.05) is 0 Å². The number of nitrogen functional groups attached to an aromatic ring is 1. The van der Waals surface area contributed by atoms with Gasteiger partial charge in [0.1, 0.15) is 0 Å². The van der Waals surface area contributed by atoms with Crippen molar-refractivity contribution in [1.82, 2.24) is 9.21 Å². The van der Waals surface area contributed by atoms with Crippen molar-refractivity contribution in [2.45, 2.75) is 23.8 Å². The maximum atomic E-state index is 12.7. The van der Waals surface area contributed by atoms with Crippen LogP contribution in [0.15, 0.2) is 27.6 Å². The smallest absolute Gasteiger partial charge is 0.244 e. The lowest BCUT2D eigenvalue weighted by Crippen LogP contribution is -2.44. The van der Waals surface area contributed by atoms with Crippen molar-refractivity contribution in [3.8, 4) is 0 Å². The van der Waals surface area contributed by atoms with E-state index in [4.69, 9.17) is 5.73 Å². The van der Waals surface area contributed by atoms with Crippen LogP contribution in [-0.2, 0) is 10.0 Å². The van der Waals surface area contributed by atoms with E-state index < -0.39 is 10.0 Å². The number of nitrogens with two attached hydrogens (primary N) is 1. The molecule has 1 aromatic carbocycles. The number of hydrogen-bond donors (Lipinski definition) is 1. The Bertz CT molecular complexity index is 583. The summed E-state index contributed by atoms with van der Waals surface area (Å²) in [6.45, 7) is 1.85. The molecular weight excluding hydrogens is 342 g/mol. The Morgan fingerprint density at radius 3 is 2.50 bits per heavy atom. The molecule has 0 aliphatic carbocycles. The number of hydrogen-bond acceptors (Lipinski definition) is 4. The van der Waals surface area contributed by atoms with Gasteiger partial charge in [-0.15, -0.1) is 0 Å². The van der Waals surface area contributed by atoms with Crippen LogP contribution in [0.3, 0.4) is 0 Å². The van der Waals surface area contributed by atoms with Gasteiger partial charge in [0.2, 0.25) is 10.0 Å². The minimum absolute atomic E-state index is 0.0562. The van der Waals surface area contributed by atoms with E-state index in [2.05, 4.69) is 27.9 Å². The molecule has 1 aliphatic heterocycles. The van der Waals surface area contributed by atoms with E-state index in [9.17, 15) is 8.42 Å². The van der Waals surface area contributed by atoms with Crippen LogP contribution in [0.5, 0.6) is 0 Å². The maximum Gasteiger partial charge on any atom is 0.244 e. The topological polar surface area (TPSA) is 66.6 Å².